The molecule has 2 aliphatic heterocycles. The maximum Gasteiger partial charge on any atom is 0.168 e. The molecule has 3 aromatic rings. The van der Waals surface area contributed by atoms with Gasteiger partial charge in [0.05, 0.1) is 34.5 Å². The lowest BCUT2D eigenvalue weighted by atomic mass is 9.98. The first kappa shape index (κ1) is 29.5. The van der Waals surface area contributed by atoms with Crippen LogP contribution in [0.1, 0.15) is 36.0 Å². The summed E-state index contributed by atoms with van der Waals surface area (Å²) in [4.78, 5) is 5.14. The predicted octanol–water partition coefficient (Wildman–Crippen LogP) is 4.98. The molecule has 0 saturated carbocycles. The monoisotopic (exact) mass is 562 g/mol. The normalized spacial score (nSPS) is 19.2. The number of ether oxygens (including phenoxy) is 4. The van der Waals surface area contributed by atoms with Gasteiger partial charge in [0, 0.05) is 44.5 Å². The van der Waals surface area contributed by atoms with Gasteiger partial charge in [0.1, 0.15) is 0 Å². The van der Waals surface area contributed by atoms with Crippen LogP contribution >= 0.6 is 0 Å². The Balaban J connectivity index is 1.19. The van der Waals surface area contributed by atoms with Crippen molar-refractivity contribution >= 4 is 10.8 Å². The van der Waals surface area contributed by atoms with Gasteiger partial charge in [-0.15, -0.1) is 0 Å². The van der Waals surface area contributed by atoms with Gasteiger partial charge in [-0.25, -0.2) is 0 Å². The quantitative estimate of drug-likeness (QED) is 0.374. The van der Waals surface area contributed by atoms with E-state index in [0.717, 1.165) is 84.9 Å². The molecule has 0 bridgehead atoms. The number of aliphatic hydroxyl groups is 1. The molecule has 0 amide bonds. The Labute approximate surface area is 244 Å². The van der Waals surface area contributed by atoms with Crippen molar-refractivity contribution in [2.45, 2.75) is 44.6 Å². The van der Waals surface area contributed by atoms with Crippen molar-refractivity contribution < 1.29 is 24.1 Å². The molecule has 0 aliphatic carbocycles. The summed E-state index contributed by atoms with van der Waals surface area (Å²) in [7, 11) is 6.75. The maximum absolute atomic E-state index is 11.2. The highest BCUT2D eigenvalue weighted by molar-refractivity contribution is 5.93. The number of nitrogens with zero attached hydrogens (tertiary/aromatic N) is 2. The number of benzene rings is 3. The second-order valence-electron chi connectivity index (χ2n) is 11.6. The number of methoxy groups -OCH3 is 4. The fourth-order valence-electron chi connectivity index (χ4n) is 6.82. The largest absolute Gasteiger partial charge is 0.493 e. The second-order valence-corrected chi connectivity index (χ2v) is 11.6. The predicted molar refractivity (Wildman–Crippen MR) is 164 cm³/mol. The Morgan fingerprint density at radius 3 is 2.15 bits per heavy atom. The summed E-state index contributed by atoms with van der Waals surface area (Å²) < 4.78 is 22.2. The lowest BCUT2D eigenvalue weighted by molar-refractivity contribution is 0.101. The molecular formula is C34H46N2O5. The van der Waals surface area contributed by atoms with E-state index in [-0.39, 0.29) is 0 Å². The van der Waals surface area contributed by atoms with Crippen LogP contribution in [0.25, 0.3) is 10.8 Å². The number of rotatable bonds is 10. The van der Waals surface area contributed by atoms with Crippen molar-refractivity contribution in [3.63, 3.8) is 0 Å². The zero-order valence-electron chi connectivity index (χ0n) is 25.2. The molecule has 5 rings (SSSR count). The van der Waals surface area contributed by atoms with Crippen molar-refractivity contribution in [2.24, 2.45) is 5.92 Å². The molecule has 1 N–H and O–H groups in total. The minimum atomic E-state index is -0.426. The van der Waals surface area contributed by atoms with Gasteiger partial charge >= 0.3 is 0 Å². The maximum atomic E-state index is 11.2. The van der Waals surface area contributed by atoms with Crippen LogP contribution in [0.3, 0.4) is 0 Å². The lowest BCUT2D eigenvalue weighted by Gasteiger charge is -2.30. The zero-order chi connectivity index (χ0) is 28.8. The van der Waals surface area contributed by atoms with Crippen molar-refractivity contribution in [3.8, 4) is 23.0 Å². The molecule has 0 aromatic heterocycles. The first-order valence-electron chi connectivity index (χ1n) is 15.0. The molecule has 2 atom stereocenters. The Kier molecular flexibility index (Phi) is 9.91. The third-order valence-electron chi connectivity index (χ3n) is 8.88. The Morgan fingerprint density at radius 2 is 1.49 bits per heavy atom. The first-order chi connectivity index (χ1) is 20.0. The molecule has 2 unspecified atom stereocenters. The minimum Gasteiger partial charge on any atom is -0.493 e. The number of likely N-dealkylation sites (tertiary alicyclic amines) is 1. The van der Waals surface area contributed by atoms with Crippen molar-refractivity contribution in [3.05, 3.63) is 59.2 Å². The van der Waals surface area contributed by atoms with Gasteiger partial charge in [0.2, 0.25) is 0 Å². The van der Waals surface area contributed by atoms with E-state index in [2.05, 4.69) is 40.1 Å². The van der Waals surface area contributed by atoms with Gasteiger partial charge in [0.25, 0.3) is 0 Å². The summed E-state index contributed by atoms with van der Waals surface area (Å²) in [6, 6.07) is 14.6. The first-order valence-corrected chi connectivity index (χ1v) is 15.0. The van der Waals surface area contributed by atoms with E-state index < -0.39 is 6.10 Å². The summed E-state index contributed by atoms with van der Waals surface area (Å²) in [5.74, 6) is 3.72. The standard InChI is InChI=1S/C34H46N2O5/c1-38-31-12-11-29-27(9-7-10-30(29)34(31)41-4)18-28(37)23-36-15-6-5-8-24(22-36)21-35-16-13-25-19-32(39-2)33(40-3)20-26(25)14-17-35/h7,9-12,19-20,24,28,37H,5-6,8,13-18,21-23H2,1-4H3. The number of fused-ring (bicyclic) bond motifs is 2. The molecule has 0 spiro atoms. The average Bonchev–Trinajstić information content (AvgIpc) is 3.33. The van der Waals surface area contributed by atoms with Crippen LogP contribution in [0.2, 0.25) is 0 Å². The molecule has 41 heavy (non-hydrogen) atoms. The van der Waals surface area contributed by atoms with Gasteiger partial charge in [-0.2, -0.15) is 0 Å². The van der Waals surface area contributed by atoms with Crippen LogP contribution in [-0.2, 0) is 19.3 Å². The number of hydrogen-bond acceptors (Lipinski definition) is 7. The molecule has 1 fully saturated rings. The van der Waals surface area contributed by atoms with Gasteiger partial charge in [-0.1, -0.05) is 30.7 Å². The van der Waals surface area contributed by atoms with E-state index >= 15 is 0 Å². The smallest absolute Gasteiger partial charge is 0.168 e. The highest BCUT2D eigenvalue weighted by atomic mass is 16.5. The third kappa shape index (κ3) is 6.91. The van der Waals surface area contributed by atoms with E-state index in [4.69, 9.17) is 18.9 Å². The Bertz CT molecular complexity index is 1280. The molecular weight excluding hydrogens is 516 g/mol. The average molecular weight is 563 g/mol. The Morgan fingerprint density at radius 1 is 0.780 bits per heavy atom. The fraction of sp³-hybridized carbons (Fsp3) is 0.529. The number of hydrogen-bond donors (Lipinski definition) is 1. The molecule has 2 heterocycles. The van der Waals surface area contributed by atoms with Crippen molar-refractivity contribution in [1.29, 1.82) is 0 Å². The molecule has 222 valence electrons. The van der Waals surface area contributed by atoms with Crippen LogP contribution in [0.5, 0.6) is 23.0 Å². The van der Waals surface area contributed by atoms with Gasteiger partial charge in [0.15, 0.2) is 23.0 Å². The van der Waals surface area contributed by atoms with Crippen LogP contribution in [0.4, 0.5) is 0 Å². The molecule has 1 saturated heterocycles. The van der Waals surface area contributed by atoms with Crippen LogP contribution in [0.15, 0.2) is 42.5 Å². The summed E-state index contributed by atoms with van der Waals surface area (Å²) in [6.07, 6.45) is 5.96. The van der Waals surface area contributed by atoms with E-state index in [1.54, 1.807) is 28.4 Å². The van der Waals surface area contributed by atoms with Crippen molar-refractivity contribution in [1.82, 2.24) is 9.80 Å². The summed E-state index contributed by atoms with van der Waals surface area (Å²) in [5, 5.41) is 13.4. The summed E-state index contributed by atoms with van der Waals surface area (Å²) in [6.45, 7) is 6.04. The summed E-state index contributed by atoms with van der Waals surface area (Å²) in [5.41, 5.74) is 3.89. The SMILES string of the molecule is COc1cc2c(cc1OC)CCN(CC1CCCCN(CC(O)Cc3cccc4c(OC)c(OC)ccc34)C1)CC2. The van der Waals surface area contributed by atoms with E-state index in [1.807, 2.05) is 12.1 Å². The van der Waals surface area contributed by atoms with Gasteiger partial charge in [-0.05, 0) is 78.4 Å². The second kappa shape index (κ2) is 13.8. The molecule has 2 aliphatic rings. The molecule has 0 radical (unpaired) electrons. The fourth-order valence-corrected chi connectivity index (χ4v) is 6.82. The molecule has 3 aromatic carbocycles. The van der Waals surface area contributed by atoms with Gasteiger partial charge < -0.3 is 33.9 Å². The highest BCUT2D eigenvalue weighted by Gasteiger charge is 2.25. The van der Waals surface area contributed by atoms with E-state index in [0.29, 0.717) is 18.9 Å². The van der Waals surface area contributed by atoms with Crippen LogP contribution in [0, 0.1) is 5.92 Å². The zero-order valence-corrected chi connectivity index (χ0v) is 25.2. The van der Waals surface area contributed by atoms with E-state index in [9.17, 15) is 5.11 Å². The lowest BCUT2D eigenvalue weighted by Crippen LogP contribution is -2.40. The number of aliphatic hydroxyl groups excluding tert-OH is 1. The third-order valence-corrected chi connectivity index (χ3v) is 8.88. The highest BCUT2D eigenvalue weighted by Crippen LogP contribution is 2.37. The van der Waals surface area contributed by atoms with Gasteiger partial charge in [-0.3, -0.25) is 0 Å². The molecule has 7 nitrogen and oxygen atoms in total. The van der Waals surface area contributed by atoms with Crippen LogP contribution in [-0.4, -0.2) is 88.7 Å². The Hall–Kier alpha value is -3.00. The topological polar surface area (TPSA) is 63.6 Å². The number of β-amino-alcohol motifs (C(OH)–C–C–N with tert-alkyl or cyclic N) is 1. The minimum absolute atomic E-state index is 0.426. The van der Waals surface area contributed by atoms with E-state index in [1.165, 1.54) is 30.4 Å². The molecule has 7 heteroatoms. The van der Waals surface area contributed by atoms with Crippen LogP contribution < -0.4 is 18.9 Å². The van der Waals surface area contributed by atoms with Crippen molar-refractivity contribution in [2.75, 3.05) is 67.7 Å². The summed E-state index contributed by atoms with van der Waals surface area (Å²) >= 11 is 0.